The van der Waals surface area contributed by atoms with Gasteiger partial charge in [-0.15, -0.1) is 0 Å². The normalized spacial score (nSPS) is 18.2. The van der Waals surface area contributed by atoms with Crippen LogP contribution in [-0.4, -0.2) is 55.6 Å². The molecular formula is C18H27N3O3. The van der Waals surface area contributed by atoms with Crippen LogP contribution in [0.25, 0.3) is 0 Å². The third kappa shape index (κ3) is 5.32. The molecule has 0 aliphatic carbocycles. The number of nitrogens with one attached hydrogen (secondary N) is 2. The third-order valence-electron chi connectivity index (χ3n) is 4.21. The van der Waals surface area contributed by atoms with Gasteiger partial charge in [0.25, 0.3) is 5.91 Å². The Hall–Kier alpha value is -1.92. The number of carbonyl (C=O) groups is 2. The first-order valence-electron chi connectivity index (χ1n) is 8.50. The smallest absolute Gasteiger partial charge is 0.251 e. The summed E-state index contributed by atoms with van der Waals surface area (Å²) in [5.41, 5.74) is 2.17. The number of carbonyl (C=O) groups excluding carboxylic acids is 2. The van der Waals surface area contributed by atoms with E-state index in [1.165, 1.54) is 6.92 Å². The van der Waals surface area contributed by atoms with Crippen LogP contribution in [-0.2, 0) is 9.53 Å². The van der Waals surface area contributed by atoms with E-state index in [4.69, 9.17) is 4.74 Å². The Morgan fingerprint density at radius 1 is 1.38 bits per heavy atom. The van der Waals surface area contributed by atoms with Gasteiger partial charge in [-0.05, 0) is 43.7 Å². The molecule has 1 aliphatic rings. The number of benzene rings is 1. The van der Waals surface area contributed by atoms with Crippen LogP contribution in [0, 0.1) is 6.92 Å². The highest BCUT2D eigenvalue weighted by Crippen LogP contribution is 2.15. The summed E-state index contributed by atoms with van der Waals surface area (Å²) >= 11 is 0. The predicted octanol–water partition coefficient (Wildman–Crippen LogP) is 1.79. The summed E-state index contributed by atoms with van der Waals surface area (Å²) in [4.78, 5) is 25.7. The first kappa shape index (κ1) is 18.4. The fraction of sp³-hybridized carbons (Fsp3) is 0.556. The lowest BCUT2D eigenvalue weighted by Crippen LogP contribution is -2.43. The van der Waals surface area contributed by atoms with Crippen LogP contribution in [0.3, 0.4) is 0 Å². The lowest BCUT2D eigenvalue weighted by Gasteiger charge is -2.32. The van der Waals surface area contributed by atoms with Gasteiger partial charge in [-0.2, -0.15) is 0 Å². The Kier molecular flexibility index (Phi) is 6.75. The molecule has 0 spiro atoms. The Morgan fingerprint density at radius 3 is 2.83 bits per heavy atom. The van der Waals surface area contributed by atoms with Crippen molar-refractivity contribution >= 4 is 17.5 Å². The Labute approximate surface area is 143 Å². The van der Waals surface area contributed by atoms with Crippen LogP contribution in [0.15, 0.2) is 18.2 Å². The molecule has 1 aliphatic heterocycles. The van der Waals surface area contributed by atoms with Crippen LogP contribution >= 0.6 is 0 Å². The molecule has 0 bridgehead atoms. The molecule has 6 heteroatoms. The summed E-state index contributed by atoms with van der Waals surface area (Å²) in [7, 11) is 0. The molecule has 2 amide bonds. The zero-order chi connectivity index (χ0) is 17.5. The quantitative estimate of drug-likeness (QED) is 0.833. The van der Waals surface area contributed by atoms with Crippen LogP contribution in [0.4, 0.5) is 5.69 Å². The molecule has 6 nitrogen and oxygen atoms in total. The Balaban J connectivity index is 1.83. The zero-order valence-corrected chi connectivity index (χ0v) is 14.7. The molecule has 24 heavy (non-hydrogen) atoms. The summed E-state index contributed by atoms with van der Waals surface area (Å²) in [6.07, 6.45) is 0.993. The van der Waals surface area contributed by atoms with E-state index >= 15 is 0 Å². The second kappa shape index (κ2) is 8.80. The van der Waals surface area contributed by atoms with Crippen LogP contribution in [0.2, 0.25) is 0 Å². The molecule has 2 N–H and O–H groups in total. The van der Waals surface area contributed by atoms with Gasteiger partial charge < -0.3 is 15.4 Å². The van der Waals surface area contributed by atoms with Crippen LogP contribution in [0.1, 0.15) is 36.2 Å². The predicted molar refractivity (Wildman–Crippen MR) is 94.3 cm³/mol. The van der Waals surface area contributed by atoms with E-state index in [1.54, 1.807) is 18.2 Å². The van der Waals surface area contributed by atoms with Gasteiger partial charge in [0.2, 0.25) is 5.91 Å². The maximum Gasteiger partial charge on any atom is 0.251 e. The molecule has 1 saturated heterocycles. The highest BCUT2D eigenvalue weighted by atomic mass is 16.5. The van der Waals surface area contributed by atoms with Crippen LogP contribution < -0.4 is 10.6 Å². The average Bonchev–Trinajstić information content (AvgIpc) is 2.54. The number of hydrogen-bond acceptors (Lipinski definition) is 4. The van der Waals surface area contributed by atoms with E-state index in [1.807, 2.05) is 6.92 Å². The summed E-state index contributed by atoms with van der Waals surface area (Å²) in [5.74, 6) is -0.217. The number of likely N-dealkylation sites (N-methyl/N-ethyl adjacent to an activating group) is 1. The average molecular weight is 333 g/mol. The van der Waals surface area contributed by atoms with Crippen molar-refractivity contribution in [2.75, 3.05) is 38.1 Å². The van der Waals surface area contributed by atoms with Gasteiger partial charge in [0.05, 0.1) is 12.7 Å². The fourth-order valence-electron chi connectivity index (χ4n) is 2.88. The maximum absolute atomic E-state index is 12.3. The van der Waals surface area contributed by atoms with E-state index in [-0.39, 0.29) is 17.9 Å². The van der Waals surface area contributed by atoms with E-state index in [2.05, 4.69) is 22.5 Å². The number of morpholine rings is 1. The SMILES string of the molecule is CCN1CCO[C@@H](CCNC(=O)c2ccc(NC(C)=O)cc2C)C1. The molecule has 1 atom stereocenters. The van der Waals surface area contributed by atoms with Gasteiger partial charge in [-0.1, -0.05) is 6.92 Å². The second-order valence-electron chi connectivity index (χ2n) is 6.14. The molecular weight excluding hydrogens is 306 g/mol. The molecule has 0 unspecified atom stereocenters. The van der Waals surface area contributed by atoms with Gasteiger partial charge in [0.1, 0.15) is 0 Å². The largest absolute Gasteiger partial charge is 0.375 e. The maximum atomic E-state index is 12.3. The van der Waals surface area contributed by atoms with E-state index in [0.717, 1.165) is 38.2 Å². The summed E-state index contributed by atoms with van der Waals surface area (Å²) < 4.78 is 5.74. The molecule has 0 radical (unpaired) electrons. The van der Waals surface area contributed by atoms with E-state index < -0.39 is 0 Å². The topological polar surface area (TPSA) is 70.7 Å². The van der Waals surface area contributed by atoms with Gasteiger partial charge in [0.15, 0.2) is 0 Å². The van der Waals surface area contributed by atoms with Crippen molar-refractivity contribution in [1.82, 2.24) is 10.2 Å². The van der Waals surface area contributed by atoms with Gasteiger partial charge in [-0.3, -0.25) is 14.5 Å². The summed E-state index contributed by atoms with van der Waals surface area (Å²) in [6, 6.07) is 5.29. The number of hydrogen-bond donors (Lipinski definition) is 2. The fourth-order valence-corrected chi connectivity index (χ4v) is 2.88. The van der Waals surface area contributed by atoms with Crippen molar-refractivity contribution in [1.29, 1.82) is 0 Å². The second-order valence-corrected chi connectivity index (χ2v) is 6.14. The van der Waals surface area contributed by atoms with Gasteiger partial charge in [-0.25, -0.2) is 0 Å². The van der Waals surface area contributed by atoms with Crippen molar-refractivity contribution in [3.63, 3.8) is 0 Å². The number of amides is 2. The van der Waals surface area contributed by atoms with E-state index in [0.29, 0.717) is 17.8 Å². The lowest BCUT2D eigenvalue weighted by molar-refractivity contribution is -0.114. The van der Waals surface area contributed by atoms with Gasteiger partial charge >= 0.3 is 0 Å². The molecule has 0 saturated carbocycles. The third-order valence-corrected chi connectivity index (χ3v) is 4.21. The Morgan fingerprint density at radius 2 is 2.17 bits per heavy atom. The van der Waals surface area contributed by atoms with Crippen molar-refractivity contribution in [3.05, 3.63) is 29.3 Å². The molecule has 1 fully saturated rings. The first-order valence-corrected chi connectivity index (χ1v) is 8.50. The minimum Gasteiger partial charge on any atom is -0.375 e. The highest BCUT2D eigenvalue weighted by molar-refractivity contribution is 5.97. The molecule has 1 heterocycles. The minimum absolute atomic E-state index is 0.0926. The zero-order valence-electron chi connectivity index (χ0n) is 14.7. The summed E-state index contributed by atoms with van der Waals surface area (Å²) in [5, 5.41) is 5.67. The number of rotatable bonds is 6. The molecule has 132 valence electrons. The van der Waals surface area contributed by atoms with Crippen molar-refractivity contribution in [2.45, 2.75) is 33.3 Å². The molecule has 2 rings (SSSR count). The Bertz CT molecular complexity index is 589. The van der Waals surface area contributed by atoms with Gasteiger partial charge in [0, 0.05) is 37.8 Å². The van der Waals surface area contributed by atoms with Crippen LogP contribution in [0.5, 0.6) is 0 Å². The molecule has 1 aromatic rings. The summed E-state index contributed by atoms with van der Waals surface area (Å²) in [6.45, 7) is 9.77. The molecule has 1 aromatic carbocycles. The number of anilines is 1. The standard InChI is InChI=1S/C18H27N3O3/c1-4-21-9-10-24-16(12-21)7-8-19-18(23)17-6-5-15(11-13(17)2)20-14(3)22/h5-6,11,16H,4,7-10,12H2,1-3H3,(H,19,23)(H,20,22)/t16-/m0/s1. The van der Waals surface area contributed by atoms with Crippen molar-refractivity contribution in [3.8, 4) is 0 Å². The minimum atomic E-state index is -0.125. The highest BCUT2D eigenvalue weighted by Gasteiger charge is 2.19. The van der Waals surface area contributed by atoms with Crippen molar-refractivity contribution in [2.24, 2.45) is 0 Å². The van der Waals surface area contributed by atoms with E-state index in [9.17, 15) is 9.59 Å². The number of ether oxygens (including phenoxy) is 1. The molecule has 0 aromatic heterocycles. The van der Waals surface area contributed by atoms with Crippen molar-refractivity contribution < 1.29 is 14.3 Å². The number of aryl methyl sites for hydroxylation is 1. The monoisotopic (exact) mass is 333 g/mol. The lowest BCUT2D eigenvalue weighted by atomic mass is 10.1. The first-order chi connectivity index (χ1) is 11.5. The number of nitrogens with zero attached hydrogens (tertiary/aromatic N) is 1.